The Labute approximate surface area is 132 Å². The van der Waals surface area contributed by atoms with Gasteiger partial charge in [0.2, 0.25) is 5.91 Å². The smallest absolute Gasteiger partial charge is 0.246 e. The van der Waals surface area contributed by atoms with E-state index in [9.17, 15) is 4.79 Å². The van der Waals surface area contributed by atoms with Crippen molar-refractivity contribution >= 4 is 29.1 Å². The van der Waals surface area contributed by atoms with Gasteiger partial charge in [-0.15, -0.1) is 0 Å². The van der Waals surface area contributed by atoms with Gasteiger partial charge in [-0.25, -0.2) is 0 Å². The molecule has 0 spiro atoms. The summed E-state index contributed by atoms with van der Waals surface area (Å²) in [7, 11) is 0. The van der Waals surface area contributed by atoms with Gasteiger partial charge in [-0.2, -0.15) is 0 Å². The number of rotatable bonds is 2. The molecular weight excluding hydrogens is 309 g/mol. The molecule has 1 amide bonds. The highest BCUT2D eigenvalue weighted by Gasteiger charge is 2.32. The van der Waals surface area contributed by atoms with Gasteiger partial charge in [0.1, 0.15) is 12.7 Å². The lowest BCUT2D eigenvalue weighted by Crippen LogP contribution is -2.41. The topological polar surface area (TPSA) is 38.3 Å². The fourth-order valence-corrected chi connectivity index (χ4v) is 2.78. The van der Waals surface area contributed by atoms with Gasteiger partial charge in [-0.1, -0.05) is 47.5 Å². The van der Waals surface area contributed by atoms with Gasteiger partial charge in [0.15, 0.2) is 0 Å². The second-order valence-corrected chi connectivity index (χ2v) is 5.76. The number of ether oxygens (including phenoxy) is 1. The highest BCUT2D eigenvalue weighted by atomic mass is 35.5. The quantitative estimate of drug-likeness (QED) is 0.910. The summed E-state index contributed by atoms with van der Waals surface area (Å²) in [6.45, 7) is 0.0429. The molecule has 0 aromatic heterocycles. The van der Waals surface area contributed by atoms with Gasteiger partial charge in [-0.05, 0) is 35.4 Å². The Morgan fingerprint density at radius 3 is 2.48 bits per heavy atom. The molecule has 2 aromatic rings. The highest BCUT2D eigenvalue weighted by Crippen LogP contribution is 2.35. The molecule has 1 aliphatic rings. The predicted molar refractivity (Wildman–Crippen MR) is 82.5 cm³/mol. The van der Waals surface area contributed by atoms with Crippen molar-refractivity contribution in [3.05, 3.63) is 69.7 Å². The van der Waals surface area contributed by atoms with Crippen molar-refractivity contribution in [2.45, 2.75) is 12.1 Å². The van der Waals surface area contributed by atoms with Gasteiger partial charge in [0, 0.05) is 10.0 Å². The lowest BCUT2D eigenvalue weighted by atomic mass is 9.94. The van der Waals surface area contributed by atoms with E-state index in [1.54, 1.807) is 12.1 Å². The molecule has 2 atom stereocenters. The van der Waals surface area contributed by atoms with E-state index in [1.165, 1.54) is 0 Å². The van der Waals surface area contributed by atoms with Crippen LogP contribution in [0, 0.1) is 0 Å². The first kappa shape index (κ1) is 14.4. The number of morpholine rings is 1. The summed E-state index contributed by atoms with van der Waals surface area (Å²) in [4.78, 5) is 11.7. The maximum atomic E-state index is 11.7. The first-order chi connectivity index (χ1) is 10.1. The highest BCUT2D eigenvalue weighted by molar-refractivity contribution is 6.30. The minimum atomic E-state index is -0.275. The second-order valence-electron chi connectivity index (χ2n) is 4.88. The Bertz CT molecular complexity index is 658. The summed E-state index contributed by atoms with van der Waals surface area (Å²) < 4.78 is 5.72. The average molecular weight is 322 g/mol. The Kier molecular flexibility index (Phi) is 4.15. The SMILES string of the molecule is O=C1COC(c2cccc(Cl)c2)C(c2ccc(Cl)cc2)N1. The largest absolute Gasteiger partial charge is 0.361 e. The normalized spacial score (nSPS) is 21.9. The van der Waals surface area contributed by atoms with Crippen molar-refractivity contribution < 1.29 is 9.53 Å². The predicted octanol–water partition coefficient (Wildman–Crippen LogP) is 3.92. The number of hydrogen-bond acceptors (Lipinski definition) is 2. The fourth-order valence-electron chi connectivity index (χ4n) is 2.45. The van der Waals surface area contributed by atoms with Crippen LogP contribution in [0.15, 0.2) is 48.5 Å². The van der Waals surface area contributed by atoms with Crippen molar-refractivity contribution in [1.82, 2.24) is 5.32 Å². The van der Waals surface area contributed by atoms with Gasteiger partial charge in [0.25, 0.3) is 0 Å². The van der Waals surface area contributed by atoms with E-state index >= 15 is 0 Å². The third-order valence-corrected chi connectivity index (χ3v) is 3.91. The van der Waals surface area contributed by atoms with Gasteiger partial charge in [0.05, 0.1) is 6.04 Å². The lowest BCUT2D eigenvalue weighted by molar-refractivity contribution is -0.137. The lowest BCUT2D eigenvalue weighted by Gasteiger charge is -2.33. The van der Waals surface area contributed by atoms with E-state index < -0.39 is 0 Å². The van der Waals surface area contributed by atoms with Crippen LogP contribution >= 0.6 is 23.2 Å². The summed E-state index contributed by atoms with van der Waals surface area (Å²) >= 11 is 12.0. The van der Waals surface area contributed by atoms with Crippen LogP contribution in [0.2, 0.25) is 10.0 Å². The minimum absolute atomic E-state index is 0.0429. The molecule has 108 valence electrons. The molecule has 2 aromatic carbocycles. The maximum absolute atomic E-state index is 11.7. The zero-order valence-corrected chi connectivity index (χ0v) is 12.6. The van der Waals surface area contributed by atoms with Crippen molar-refractivity contribution in [2.24, 2.45) is 0 Å². The molecule has 0 radical (unpaired) electrons. The molecule has 1 aliphatic heterocycles. The molecule has 21 heavy (non-hydrogen) atoms. The van der Waals surface area contributed by atoms with E-state index in [4.69, 9.17) is 27.9 Å². The van der Waals surface area contributed by atoms with Crippen LogP contribution < -0.4 is 5.32 Å². The van der Waals surface area contributed by atoms with Crippen LogP contribution in [-0.4, -0.2) is 12.5 Å². The van der Waals surface area contributed by atoms with Gasteiger partial charge < -0.3 is 10.1 Å². The zero-order valence-electron chi connectivity index (χ0n) is 11.1. The molecule has 0 bridgehead atoms. The fraction of sp³-hybridized carbons (Fsp3) is 0.188. The van der Waals surface area contributed by atoms with Crippen molar-refractivity contribution in [3.63, 3.8) is 0 Å². The Balaban J connectivity index is 1.96. The van der Waals surface area contributed by atoms with Crippen LogP contribution in [-0.2, 0) is 9.53 Å². The minimum Gasteiger partial charge on any atom is -0.361 e. The van der Waals surface area contributed by atoms with E-state index in [-0.39, 0.29) is 24.7 Å². The van der Waals surface area contributed by atoms with E-state index in [1.807, 2.05) is 36.4 Å². The Morgan fingerprint density at radius 1 is 1.00 bits per heavy atom. The zero-order chi connectivity index (χ0) is 14.8. The third-order valence-electron chi connectivity index (χ3n) is 3.42. The summed E-state index contributed by atoms with van der Waals surface area (Å²) in [5.74, 6) is -0.131. The van der Waals surface area contributed by atoms with E-state index in [0.29, 0.717) is 10.0 Å². The number of halogens is 2. The summed E-state index contributed by atoms with van der Waals surface area (Å²) in [6.07, 6.45) is -0.275. The number of carbonyl (C=O) groups excluding carboxylic acids is 1. The molecule has 3 rings (SSSR count). The monoisotopic (exact) mass is 321 g/mol. The van der Waals surface area contributed by atoms with Crippen LogP contribution in [0.1, 0.15) is 23.3 Å². The second kappa shape index (κ2) is 6.06. The standard InChI is InChI=1S/C16H13Cl2NO2/c17-12-6-4-10(5-7-12)15-16(21-9-14(20)19-15)11-2-1-3-13(18)8-11/h1-8,15-16H,9H2,(H,19,20). The van der Waals surface area contributed by atoms with E-state index in [0.717, 1.165) is 11.1 Å². The number of benzene rings is 2. The van der Waals surface area contributed by atoms with Crippen LogP contribution in [0.4, 0.5) is 0 Å². The number of amides is 1. The molecule has 1 fully saturated rings. The molecule has 0 aliphatic carbocycles. The molecule has 3 nitrogen and oxygen atoms in total. The van der Waals surface area contributed by atoms with Crippen LogP contribution in [0.3, 0.4) is 0 Å². The van der Waals surface area contributed by atoms with Gasteiger partial charge in [-0.3, -0.25) is 4.79 Å². The summed E-state index contributed by atoms with van der Waals surface area (Å²) in [5, 5.41) is 4.27. The van der Waals surface area contributed by atoms with Crippen molar-refractivity contribution in [2.75, 3.05) is 6.61 Å². The van der Waals surface area contributed by atoms with Crippen molar-refractivity contribution in [1.29, 1.82) is 0 Å². The molecule has 1 saturated heterocycles. The molecule has 0 saturated carbocycles. The maximum Gasteiger partial charge on any atom is 0.246 e. The van der Waals surface area contributed by atoms with Crippen molar-refractivity contribution in [3.8, 4) is 0 Å². The number of hydrogen-bond donors (Lipinski definition) is 1. The summed E-state index contributed by atoms with van der Waals surface area (Å²) in [6, 6.07) is 14.6. The van der Waals surface area contributed by atoms with Gasteiger partial charge >= 0.3 is 0 Å². The third kappa shape index (κ3) is 3.21. The Morgan fingerprint density at radius 2 is 1.76 bits per heavy atom. The summed E-state index contributed by atoms with van der Waals surface area (Å²) in [5.41, 5.74) is 1.87. The molecule has 1 N–H and O–H groups in total. The van der Waals surface area contributed by atoms with Crippen LogP contribution in [0.25, 0.3) is 0 Å². The molecule has 2 unspecified atom stereocenters. The average Bonchev–Trinajstić information content (AvgIpc) is 2.48. The first-order valence-corrected chi connectivity index (χ1v) is 7.31. The van der Waals surface area contributed by atoms with Crippen LogP contribution in [0.5, 0.6) is 0 Å². The molecule has 5 heteroatoms. The number of nitrogens with one attached hydrogen (secondary N) is 1. The van der Waals surface area contributed by atoms with E-state index in [2.05, 4.69) is 5.32 Å². The Hall–Kier alpha value is -1.55. The number of carbonyl (C=O) groups is 1. The molecule has 1 heterocycles. The molecular formula is C16H13Cl2NO2. The first-order valence-electron chi connectivity index (χ1n) is 6.55.